The maximum atomic E-state index is 12.6. The maximum absolute atomic E-state index is 12.6. The van der Waals surface area contributed by atoms with E-state index in [9.17, 15) is 18.3 Å². The molecule has 0 saturated heterocycles. The van der Waals surface area contributed by atoms with Crippen LogP contribution in [0, 0.1) is 0 Å². The Kier molecular flexibility index (Phi) is 4.01. The molecule has 0 heterocycles. The van der Waals surface area contributed by atoms with E-state index in [4.69, 9.17) is 27.9 Å². The third kappa shape index (κ3) is 3.29. The minimum Gasteiger partial charge on any atom is -0.454 e. The molecule has 0 aromatic heterocycles. The molecule has 0 spiro atoms. The van der Waals surface area contributed by atoms with Gasteiger partial charge < -0.3 is 4.74 Å². The van der Waals surface area contributed by atoms with Gasteiger partial charge in [-0.1, -0.05) is 29.3 Å². The SMILES string of the molecule is [O]c1cccc(Oc2c(Cl)cc(C(F)(F)F)cc2Cl)c1. The molecule has 0 unspecified atom stereocenters. The molecule has 0 fully saturated rings. The van der Waals surface area contributed by atoms with E-state index < -0.39 is 11.7 Å². The Bertz CT molecular complexity index is 619. The molecule has 0 aliphatic rings. The van der Waals surface area contributed by atoms with Crippen LogP contribution in [0.4, 0.5) is 13.2 Å². The average molecular weight is 322 g/mol. The molecule has 2 aromatic carbocycles. The smallest absolute Gasteiger partial charge is 0.416 e. The highest BCUT2D eigenvalue weighted by Gasteiger charge is 2.32. The van der Waals surface area contributed by atoms with Crippen LogP contribution < -0.4 is 4.74 Å². The van der Waals surface area contributed by atoms with Crippen molar-refractivity contribution < 1.29 is 23.0 Å². The second kappa shape index (κ2) is 5.42. The van der Waals surface area contributed by atoms with Gasteiger partial charge in [-0.15, -0.1) is 0 Å². The van der Waals surface area contributed by atoms with Crippen LogP contribution in [-0.2, 0) is 11.3 Å². The van der Waals surface area contributed by atoms with Crippen LogP contribution in [0.5, 0.6) is 17.2 Å². The molecule has 7 heteroatoms. The number of benzene rings is 2. The van der Waals surface area contributed by atoms with Gasteiger partial charge in [-0.25, -0.2) is 0 Å². The average Bonchev–Trinajstić information content (AvgIpc) is 2.32. The zero-order chi connectivity index (χ0) is 14.9. The monoisotopic (exact) mass is 321 g/mol. The molecule has 2 aromatic rings. The molecule has 0 N–H and O–H groups in total. The van der Waals surface area contributed by atoms with Crippen LogP contribution >= 0.6 is 23.2 Å². The van der Waals surface area contributed by atoms with E-state index in [0.717, 1.165) is 0 Å². The van der Waals surface area contributed by atoms with E-state index in [1.807, 2.05) is 0 Å². The van der Waals surface area contributed by atoms with Crippen LogP contribution in [0.15, 0.2) is 36.4 Å². The lowest BCUT2D eigenvalue weighted by molar-refractivity contribution is -0.137. The molecule has 2 nitrogen and oxygen atoms in total. The van der Waals surface area contributed by atoms with Crippen molar-refractivity contribution >= 4 is 23.2 Å². The van der Waals surface area contributed by atoms with Gasteiger partial charge in [0.1, 0.15) is 5.75 Å². The fraction of sp³-hybridized carbons (Fsp3) is 0.0769. The van der Waals surface area contributed by atoms with E-state index in [0.29, 0.717) is 12.1 Å². The minimum atomic E-state index is -4.55. The summed E-state index contributed by atoms with van der Waals surface area (Å²) >= 11 is 11.5. The molecule has 0 saturated carbocycles. The van der Waals surface area contributed by atoms with Crippen molar-refractivity contribution in [2.24, 2.45) is 0 Å². The Balaban J connectivity index is 2.38. The fourth-order valence-corrected chi connectivity index (χ4v) is 2.04. The second-order valence-electron chi connectivity index (χ2n) is 3.84. The normalized spacial score (nSPS) is 11.4. The first-order valence-corrected chi connectivity index (χ1v) is 6.04. The van der Waals surface area contributed by atoms with Gasteiger partial charge in [-0.3, -0.25) is 5.11 Å². The first-order valence-electron chi connectivity index (χ1n) is 5.28. The lowest BCUT2D eigenvalue weighted by atomic mass is 10.2. The number of hydrogen-bond acceptors (Lipinski definition) is 1. The number of halogens is 5. The van der Waals surface area contributed by atoms with Crippen molar-refractivity contribution in [2.75, 3.05) is 0 Å². The first kappa shape index (κ1) is 14.8. The Morgan fingerprint density at radius 1 is 1.00 bits per heavy atom. The largest absolute Gasteiger partial charge is 0.454 e. The summed E-state index contributed by atoms with van der Waals surface area (Å²) in [5.74, 6) is -0.297. The fourth-order valence-electron chi connectivity index (χ4n) is 1.48. The summed E-state index contributed by atoms with van der Waals surface area (Å²) in [5.41, 5.74) is -0.975. The lowest BCUT2D eigenvalue weighted by Gasteiger charge is -2.13. The van der Waals surface area contributed by atoms with Crippen LogP contribution in [0.25, 0.3) is 0 Å². The number of hydrogen-bond donors (Lipinski definition) is 0. The van der Waals surface area contributed by atoms with Gasteiger partial charge in [-0.2, -0.15) is 13.2 Å². The van der Waals surface area contributed by atoms with Crippen LogP contribution in [0.1, 0.15) is 5.56 Å². The quantitative estimate of drug-likeness (QED) is 0.672. The maximum Gasteiger partial charge on any atom is 0.416 e. The minimum absolute atomic E-state index is 0.132. The highest BCUT2D eigenvalue weighted by atomic mass is 35.5. The molecular weight excluding hydrogens is 316 g/mol. The number of rotatable bonds is 2. The zero-order valence-electron chi connectivity index (χ0n) is 9.67. The summed E-state index contributed by atoms with van der Waals surface area (Å²) in [5, 5.41) is 10.6. The third-order valence-electron chi connectivity index (χ3n) is 2.35. The topological polar surface area (TPSA) is 29.1 Å². The van der Waals surface area contributed by atoms with Crippen molar-refractivity contribution in [1.82, 2.24) is 0 Å². The summed E-state index contributed by atoms with van der Waals surface area (Å²) in [6.45, 7) is 0. The Labute approximate surface area is 122 Å². The number of alkyl halides is 3. The molecule has 1 radical (unpaired) electrons. The molecule has 0 aliphatic carbocycles. The van der Waals surface area contributed by atoms with Crippen molar-refractivity contribution in [1.29, 1.82) is 0 Å². The van der Waals surface area contributed by atoms with Crippen LogP contribution in [0.2, 0.25) is 10.0 Å². The van der Waals surface area contributed by atoms with E-state index in [-0.39, 0.29) is 27.3 Å². The van der Waals surface area contributed by atoms with Crippen molar-refractivity contribution in [3.05, 3.63) is 52.0 Å². The third-order valence-corrected chi connectivity index (χ3v) is 2.91. The summed E-state index contributed by atoms with van der Waals surface area (Å²) in [6, 6.07) is 6.82. The van der Waals surface area contributed by atoms with Gasteiger partial charge in [0.15, 0.2) is 11.5 Å². The highest BCUT2D eigenvalue weighted by Crippen LogP contribution is 2.41. The molecule has 20 heavy (non-hydrogen) atoms. The van der Waals surface area contributed by atoms with Gasteiger partial charge in [0.25, 0.3) is 0 Å². The predicted molar refractivity (Wildman–Crippen MR) is 68.1 cm³/mol. The first-order chi connectivity index (χ1) is 9.27. The molecule has 0 bridgehead atoms. The van der Waals surface area contributed by atoms with E-state index in [2.05, 4.69) is 0 Å². The van der Waals surface area contributed by atoms with E-state index in [1.54, 1.807) is 0 Å². The molecule has 0 aliphatic heterocycles. The molecule has 0 amide bonds. The van der Waals surface area contributed by atoms with Crippen LogP contribution in [0.3, 0.4) is 0 Å². The summed E-state index contributed by atoms with van der Waals surface area (Å²) in [4.78, 5) is 0. The Morgan fingerprint density at radius 3 is 2.10 bits per heavy atom. The van der Waals surface area contributed by atoms with Gasteiger partial charge in [-0.05, 0) is 24.3 Å². The van der Waals surface area contributed by atoms with E-state index in [1.165, 1.54) is 24.3 Å². The van der Waals surface area contributed by atoms with Gasteiger partial charge in [0.05, 0.1) is 15.6 Å². The van der Waals surface area contributed by atoms with Gasteiger partial charge >= 0.3 is 6.18 Å². The summed E-state index contributed by atoms with van der Waals surface area (Å²) in [6.07, 6.45) is -4.55. The summed E-state index contributed by atoms with van der Waals surface area (Å²) in [7, 11) is 0. The van der Waals surface area contributed by atoms with E-state index >= 15 is 0 Å². The van der Waals surface area contributed by atoms with Crippen molar-refractivity contribution in [3.8, 4) is 17.2 Å². The second-order valence-corrected chi connectivity index (χ2v) is 4.66. The molecule has 105 valence electrons. The van der Waals surface area contributed by atoms with Crippen molar-refractivity contribution in [3.63, 3.8) is 0 Å². The van der Waals surface area contributed by atoms with Gasteiger partial charge in [0, 0.05) is 6.07 Å². The predicted octanol–water partition coefficient (Wildman–Crippen LogP) is 5.95. The Hall–Kier alpha value is -1.59. The number of ether oxygens (including phenoxy) is 1. The lowest BCUT2D eigenvalue weighted by Crippen LogP contribution is -2.05. The molecule has 0 atom stereocenters. The van der Waals surface area contributed by atoms with Crippen molar-refractivity contribution in [2.45, 2.75) is 6.18 Å². The summed E-state index contributed by atoms with van der Waals surface area (Å²) < 4.78 is 42.9. The molecular formula is C13H6Cl2F3O2. The standard InChI is InChI=1S/C13H6Cl2F3O2/c14-10-4-7(13(16,17)18)5-11(15)12(10)20-9-3-1-2-8(19)6-9/h1-6H. The molecule has 2 rings (SSSR count). The zero-order valence-corrected chi connectivity index (χ0v) is 11.2. The highest BCUT2D eigenvalue weighted by molar-refractivity contribution is 6.37. The van der Waals surface area contributed by atoms with Gasteiger partial charge in [0.2, 0.25) is 0 Å². The Morgan fingerprint density at radius 2 is 1.60 bits per heavy atom. The van der Waals surface area contributed by atoms with Crippen LogP contribution in [-0.4, -0.2) is 0 Å².